The fourth-order valence-electron chi connectivity index (χ4n) is 1.95. The summed E-state index contributed by atoms with van der Waals surface area (Å²) in [7, 11) is 0. The van der Waals surface area contributed by atoms with E-state index in [-0.39, 0.29) is 17.6 Å². The van der Waals surface area contributed by atoms with Gasteiger partial charge in [0, 0.05) is 18.9 Å². The minimum atomic E-state index is -0.459. The molecule has 1 aliphatic carbocycles. The molecule has 2 rings (SSSR count). The van der Waals surface area contributed by atoms with Crippen LogP contribution in [0.1, 0.15) is 25.7 Å². The van der Waals surface area contributed by atoms with E-state index in [0.717, 1.165) is 12.8 Å². The molecule has 1 aliphatic rings. The van der Waals surface area contributed by atoms with Crippen molar-refractivity contribution in [1.29, 1.82) is 0 Å². The van der Waals surface area contributed by atoms with Gasteiger partial charge < -0.3 is 4.74 Å². The number of carbonyl (C=O) groups excluding carboxylic acids is 1. The van der Waals surface area contributed by atoms with E-state index in [1.54, 1.807) is 12.1 Å². The van der Waals surface area contributed by atoms with Crippen LogP contribution in [0, 0.1) is 10.1 Å². The highest BCUT2D eigenvalue weighted by Crippen LogP contribution is 2.24. The Hall–Kier alpha value is -1.91. The van der Waals surface area contributed by atoms with Gasteiger partial charge in [0.2, 0.25) is 0 Å². The first-order chi connectivity index (χ1) is 8.15. The monoisotopic (exact) mass is 235 g/mol. The molecule has 1 aromatic carbocycles. The van der Waals surface area contributed by atoms with Crippen molar-refractivity contribution in [3.63, 3.8) is 0 Å². The number of hydrogen-bond donors (Lipinski definition) is 0. The summed E-state index contributed by atoms with van der Waals surface area (Å²) in [5.41, 5.74) is 0.00429. The number of benzene rings is 1. The summed E-state index contributed by atoms with van der Waals surface area (Å²) in [6.45, 7) is 0. The Morgan fingerprint density at radius 2 is 2.24 bits per heavy atom. The number of rotatable bonds is 3. The average Bonchev–Trinajstić information content (AvgIpc) is 2.29. The zero-order chi connectivity index (χ0) is 12.3. The largest absolute Gasteiger partial charge is 0.490 e. The van der Waals surface area contributed by atoms with E-state index in [9.17, 15) is 14.9 Å². The number of hydrogen-bond acceptors (Lipinski definition) is 4. The van der Waals surface area contributed by atoms with Crippen molar-refractivity contribution < 1.29 is 14.5 Å². The molecule has 0 spiro atoms. The number of ether oxygens (including phenoxy) is 1. The summed E-state index contributed by atoms with van der Waals surface area (Å²) < 4.78 is 5.59. The maximum absolute atomic E-state index is 11.3. The molecule has 17 heavy (non-hydrogen) atoms. The van der Waals surface area contributed by atoms with Crippen LogP contribution >= 0.6 is 0 Å². The van der Waals surface area contributed by atoms with Gasteiger partial charge in [-0.15, -0.1) is 0 Å². The molecule has 5 nitrogen and oxygen atoms in total. The van der Waals surface area contributed by atoms with Gasteiger partial charge in [-0.3, -0.25) is 14.9 Å². The molecular weight excluding hydrogens is 222 g/mol. The van der Waals surface area contributed by atoms with Crippen LogP contribution in [0.5, 0.6) is 5.75 Å². The van der Waals surface area contributed by atoms with Gasteiger partial charge in [-0.1, -0.05) is 6.07 Å². The Morgan fingerprint density at radius 1 is 1.41 bits per heavy atom. The van der Waals surface area contributed by atoms with Gasteiger partial charge in [0.05, 0.1) is 11.0 Å². The topological polar surface area (TPSA) is 69.4 Å². The maximum atomic E-state index is 11.3. The van der Waals surface area contributed by atoms with Crippen molar-refractivity contribution >= 4 is 11.5 Å². The standard InChI is InChI=1S/C12H13NO4/c14-10-4-2-6-12(8-10)17-11-5-1-3-9(7-11)13(15)16/h1,3,5,7,12H,2,4,6,8H2. The van der Waals surface area contributed by atoms with Crippen molar-refractivity contribution in [3.05, 3.63) is 34.4 Å². The third-order valence-electron chi connectivity index (χ3n) is 2.77. The van der Waals surface area contributed by atoms with Crippen LogP contribution in [-0.2, 0) is 4.79 Å². The molecule has 1 saturated carbocycles. The summed E-state index contributed by atoms with van der Waals surface area (Å²) in [6, 6.07) is 6.06. The van der Waals surface area contributed by atoms with Crippen LogP contribution in [0.4, 0.5) is 5.69 Å². The molecule has 0 saturated heterocycles. The fraction of sp³-hybridized carbons (Fsp3) is 0.417. The molecule has 0 radical (unpaired) electrons. The van der Waals surface area contributed by atoms with E-state index in [0.29, 0.717) is 18.6 Å². The number of non-ortho nitro benzene ring substituents is 1. The van der Waals surface area contributed by atoms with Gasteiger partial charge in [-0.2, -0.15) is 0 Å². The van der Waals surface area contributed by atoms with Gasteiger partial charge in [0.1, 0.15) is 17.6 Å². The molecular formula is C12H13NO4. The molecule has 0 heterocycles. The van der Waals surface area contributed by atoms with E-state index in [4.69, 9.17) is 4.74 Å². The zero-order valence-electron chi connectivity index (χ0n) is 9.30. The number of carbonyl (C=O) groups is 1. The molecule has 1 unspecified atom stereocenters. The molecule has 1 atom stereocenters. The Kier molecular flexibility index (Phi) is 3.37. The summed E-state index contributed by atoms with van der Waals surface area (Å²) >= 11 is 0. The Labute approximate surface area is 98.5 Å². The van der Waals surface area contributed by atoms with Crippen LogP contribution in [0.15, 0.2) is 24.3 Å². The van der Waals surface area contributed by atoms with Crippen molar-refractivity contribution in [2.24, 2.45) is 0 Å². The lowest BCUT2D eigenvalue weighted by atomic mass is 9.96. The highest BCUT2D eigenvalue weighted by atomic mass is 16.6. The first kappa shape index (κ1) is 11.6. The molecule has 0 amide bonds. The lowest BCUT2D eigenvalue weighted by molar-refractivity contribution is -0.384. The van der Waals surface area contributed by atoms with Gasteiger partial charge in [0.15, 0.2) is 0 Å². The van der Waals surface area contributed by atoms with Crippen molar-refractivity contribution in [3.8, 4) is 5.75 Å². The van der Waals surface area contributed by atoms with Gasteiger partial charge in [-0.05, 0) is 18.9 Å². The third kappa shape index (κ3) is 3.03. The Morgan fingerprint density at radius 3 is 2.94 bits per heavy atom. The number of nitrogens with zero attached hydrogens (tertiary/aromatic N) is 1. The van der Waals surface area contributed by atoms with Crippen molar-refractivity contribution in [2.75, 3.05) is 0 Å². The summed E-state index contributed by atoms with van der Waals surface area (Å²) in [5, 5.41) is 10.6. The zero-order valence-corrected chi connectivity index (χ0v) is 9.30. The molecule has 0 bridgehead atoms. The van der Waals surface area contributed by atoms with Gasteiger partial charge in [0.25, 0.3) is 5.69 Å². The van der Waals surface area contributed by atoms with E-state index < -0.39 is 4.92 Å². The minimum absolute atomic E-state index is 0.00429. The van der Waals surface area contributed by atoms with E-state index in [1.807, 2.05) is 0 Å². The van der Waals surface area contributed by atoms with E-state index in [1.165, 1.54) is 12.1 Å². The fourth-order valence-corrected chi connectivity index (χ4v) is 1.95. The number of ketones is 1. The van der Waals surface area contributed by atoms with Crippen LogP contribution in [0.3, 0.4) is 0 Å². The predicted octanol–water partition coefficient (Wildman–Crippen LogP) is 2.49. The van der Waals surface area contributed by atoms with Crippen LogP contribution in [0.2, 0.25) is 0 Å². The van der Waals surface area contributed by atoms with Crippen LogP contribution in [-0.4, -0.2) is 16.8 Å². The Bertz CT molecular complexity index is 444. The second kappa shape index (κ2) is 4.95. The predicted molar refractivity (Wildman–Crippen MR) is 61.0 cm³/mol. The highest BCUT2D eigenvalue weighted by molar-refractivity contribution is 5.79. The molecule has 0 aliphatic heterocycles. The molecule has 90 valence electrons. The minimum Gasteiger partial charge on any atom is -0.490 e. The van der Waals surface area contributed by atoms with E-state index in [2.05, 4.69) is 0 Å². The van der Waals surface area contributed by atoms with Gasteiger partial charge in [-0.25, -0.2) is 0 Å². The first-order valence-corrected chi connectivity index (χ1v) is 5.58. The quantitative estimate of drug-likeness (QED) is 0.596. The van der Waals surface area contributed by atoms with Crippen LogP contribution < -0.4 is 4.74 Å². The second-order valence-corrected chi connectivity index (χ2v) is 4.13. The van der Waals surface area contributed by atoms with Crippen molar-refractivity contribution in [2.45, 2.75) is 31.8 Å². The summed E-state index contributed by atoms with van der Waals surface area (Å²) in [5.74, 6) is 0.658. The molecule has 1 aromatic rings. The normalized spacial score (nSPS) is 20.0. The van der Waals surface area contributed by atoms with Crippen LogP contribution in [0.25, 0.3) is 0 Å². The summed E-state index contributed by atoms with van der Waals surface area (Å²) in [6.07, 6.45) is 2.54. The molecule has 0 aromatic heterocycles. The van der Waals surface area contributed by atoms with E-state index >= 15 is 0 Å². The van der Waals surface area contributed by atoms with Gasteiger partial charge >= 0.3 is 0 Å². The van der Waals surface area contributed by atoms with Crippen molar-refractivity contribution in [1.82, 2.24) is 0 Å². The third-order valence-corrected chi connectivity index (χ3v) is 2.77. The number of Topliss-reactive ketones (excluding diaryl/α,β-unsaturated/α-hetero) is 1. The Balaban J connectivity index is 2.05. The number of nitro groups is 1. The lowest BCUT2D eigenvalue weighted by Gasteiger charge is -2.22. The summed E-state index contributed by atoms with van der Waals surface area (Å²) in [4.78, 5) is 21.4. The molecule has 0 N–H and O–H groups in total. The average molecular weight is 235 g/mol. The SMILES string of the molecule is O=C1CCCC(Oc2cccc([N+](=O)[O-])c2)C1. The second-order valence-electron chi connectivity index (χ2n) is 4.13. The maximum Gasteiger partial charge on any atom is 0.273 e. The smallest absolute Gasteiger partial charge is 0.273 e. The molecule has 5 heteroatoms. The number of nitro benzene ring substituents is 1. The molecule has 1 fully saturated rings. The highest BCUT2D eigenvalue weighted by Gasteiger charge is 2.21. The lowest BCUT2D eigenvalue weighted by Crippen LogP contribution is -2.25. The first-order valence-electron chi connectivity index (χ1n) is 5.58.